The van der Waals surface area contributed by atoms with Crippen LogP contribution < -0.4 is 0 Å². The fourth-order valence-corrected chi connectivity index (χ4v) is 2.81. The van der Waals surface area contributed by atoms with E-state index in [-0.39, 0.29) is 0 Å². The molecule has 0 heterocycles. The van der Waals surface area contributed by atoms with Crippen LogP contribution in [-0.4, -0.2) is 0 Å². The van der Waals surface area contributed by atoms with E-state index in [9.17, 15) is 0 Å². The Morgan fingerprint density at radius 1 is 1.18 bits per heavy atom. The molecule has 0 amide bonds. The minimum absolute atomic E-state index is 0.905. The lowest BCUT2D eigenvalue weighted by atomic mass is 9.80. The highest BCUT2D eigenvalue weighted by molar-refractivity contribution is 5.18. The van der Waals surface area contributed by atoms with E-state index >= 15 is 0 Å². The summed E-state index contributed by atoms with van der Waals surface area (Å²) in [5.74, 6) is 2.85. The predicted octanol–water partition coefficient (Wildman–Crippen LogP) is 3.39. The molecule has 0 aromatic heterocycles. The third-order valence-electron chi connectivity index (χ3n) is 3.60. The Kier molecular flexibility index (Phi) is 1.78. The first-order valence-electron chi connectivity index (χ1n) is 4.99. The quantitative estimate of drug-likeness (QED) is 0.464. The van der Waals surface area contributed by atoms with Crippen LogP contribution in [0, 0.1) is 17.8 Å². The van der Waals surface area contributed by atoms with Gasteiger partial charge >= 0.3 is 0 Å². The number of hydrogen-bond donors (Lipinski definition) is 0. The molecule has 0 radical (unpaired) electrons. The van der Waals surface area contributed by atoms with Crippen LogP contribution in [-0.2, 0) is 0 Å². The third kappa shape index (κ3) is 1.13. The molecule has 3 unspecified atom stereocenters. The molecule has 0 spiro atoms. The summed E-state index contributed by atoms with van der Waals surface area (Å²) in [5, 5.41) is 0. The molecule has 0 heteroatoms. The predicted molar refractivity (Wildman–Crippen MR) is 48.4 cm³/mol. The Bertz CT molecular complexity index is 178. The van der Waals surface area contributed by atoms with Gasteiger partial charge in [-0.25, -0.2) is 0 Å². The molecular formula is C11H18. The number of allylic oxidation sites excluding steroid dienone is 2. The van der Waals surface area contributed by atoms with Crippen molar-refractivity contribution in [1.82, 2.24) is 0 Å². The Morgan fingerprint density at radius 3 is 2.73 bits per heavy atom. The molecular weight excluding hydrogens is 132 g/mol. The van der Waals surface area contributed by atoms with E-state index < -0.39 is 0 Å². The molecule has 0 aliphatic heterocycles. The maximum Gasteiger partial charge on any atom is -0.0175 e. The summed E-state index contributed by atoms with van der Waals surface area (Å²) in [6, 6.07) is 0. The lowest BCUT2D eigenvalue weighted by Crippen LogP contribution is -2.14. The van der Waals surface area contributed by atoms with Gasteiger partial charge in [0.05, 0.1) is 0 Å². The Morgan fingerprint density at radius 2 is 2.00 bits per heavy atom. The molecule has 3 atom stereocenters. The lowest BCUT2D eigenvalue weighted by Gasteiger charge is -2.26. The maximum atomic E-state index is 2.52. The largest absolute Gasteiger partial charge is 0.0848 e. The fourth-order valence-electron chi connectivity index (χ4n) is 2.81. The maximum absolute atomic E-state index is 2.52. The van der Waals surface area contributed by atoms with Crippen LogP contribution in [0.3, 0.4) is 0 Å². The first-order valence-corrected chi connectivity index (χ1v) is 4.99. The monoisotopic (exact) mass is 150 g/mol. The van der Waals surface area contributed by atoms with Gasteiger partial charge in [-0.2, -0.15) is 0 Å². The zero-order valence-electron chi connectivity index (χ0n) is 7.64. The van der Waals surface area contributed by atoms with E-state index in [1.54, 1.807) is 5.57 Å². The van der Waals surface area contributed by atoms with E-state index in [1.807, 2.05) is 0 Å². The second-order valence-corrected chi connectivity index (χ2v) is 4.34. The minimum Gasteiger partial charge on any atom is -0.0848 e. The highest BCUT2D eigenvalue weighted by Gasteiger charge is 2.32. The van der Waals surface area contributed by atoms with Crippen LogP contribution in [0.1, 0.15) is 39.5 Å². The Labute approximate surface area is 69.7 Å². The molecule has 0 nitrogen and oxygen atoms in total. The molecule has 2 rings (SSSR count). The van der Waals surface area contributed by atoms with E-state index in [4.69, 9.17) is 0 Å². The SMILES string of the molecule is CC1CCC2C1=CCCC2C. The molecule has 2 aliphatic rings. The first kappa shape index (κ1) is 7.39. The van der Waals surface area contributed by atoms with Gasteiger partial charge in [0.2, 0.25) is 0 Å². The van der Waals surface area contributed by atoms with Gasteiger partial charge in [0.1, 0.15) is 0 Å². The summed E-state index contributed by atoms with van der Waals surface area (Å²) >= 11 is 0. The summed E-state index contributed by atoms with van der Waals surface area (Å²) in [7, 11) is 0. The lowest BCUT2D eigenvalue weighted by molar-refractivity contribution is 0.375. The van der Waals surface area contributed by atoms with Crippen LogP contribution in [0.15, 0.2) is 11.6 Å². The van der Waals surface area contributed by atoms with Crippen molar-refractivity contribution in [3.63, 3.8) is 0 Å². The van der Waals surface area contributed by atoms with Crippen molar-refractivity contribution in [3.05, 3.63) is 11.6 Å². The van der Waals surface area contributed by atoms with E-state index in [0.29, 0.717) is 0 Å². The summed E-state index contributed by atoms with van der Waals surface area (Å²) in [4.78, 5) is 0. The fraction of sp³-hybridized carbons (Fsp3) is 0.818. The van der Waals surface area contributed by atoms with Crippen LogP contribution in [0.25, 0.3) is 0 Å². The van der Waals surface area contributed by atoms with Crippen molar-refractivity contribution >= 4 is 0 Å². The molecule has 11 heavy (non-hydrogen) atoms. The summed E-state index contributed by atoms with van der Waals surface area (Å²) in [6.07, 6.45) is 8.20. The number of hydrogen-bond acceptors (Lipinski definition) is 0. The zero-order chi connectivity index (χ0) is 7.84. The van der Waals surface area contributed by atoms with E-state index in [2.05, 4.69) is 19.9 Å². The van der Waals surface area contributed by atoms with Gasteiger partial charge in [-0.3, -0.25) is 0 Å². The van der Waals surface area contributed by atoms with Gasteiger partial charge in [-0.05, 0) is 43.4 Å². The van der Waals surface area contributed by atoms with E-state index in [1.165, 1.54) is 25.7 Å². The summed E-state index contributed by atoms with van der Waals surface area (Å²) in [6.45, 7) is 4.82. The van der Waals surface area contributed by atoms with Crippen molar-refractivity contribution in [2.75, 3.05) is 0 Å². The Balaban J connectivity index is 2.21. The van der Waals surface area contributed by atoms with Gasteiger partial charge in [0.15, 0.2) is 0 Å². The van der Waals surface area contributed by atoms with Crippen molar-refractivity contribution in [2.45, 2.75) is 39.5 Å². The summed E-state index contributed by atoms with van der Waals surface area (Å²) in [5.41, 5.74) is 1.80. The zero-order valence-corrected chi connectivity index (χ0v) is 7.64. The number of fused-ring (bicyclic) bond motifs is 1. The standard InChI is InChI=1S/C11H18/c1-8-4-3-5-10-9(2)6-7-11(8)10/h5,8-9,11H,3-4,6-7H2,1-2H3. The highest BCUT2D eigenvalue weighted by Crippen LogP contribution is 2.44. The first-order chi connectivity index (χ1) is 5.29. The molecule has 62 valence electrons. The molecule has 1 saturated carbocycles. The van der Waals surface area contributed by atoms with Crippen molar-refractivity contribution in [1.29, 1.82) is 0 Å². The normalized spacial score (nSPS) is 43.5. The van der Waals surface area contributed by atoms with Crippen molar-refractivity contribution < 1.29 is 0 Å². The smallest absolute Gasteiger partial charge is 0.0175 e. The molecule has 2 aliphatic carbocycles. The van der Waals surface area contributed by atoms with Crippen LogP contribution in [0.4, 0.5) is 0 Å². The molecule has 0 aromatic rings. The second-order valence-electron chi connectivity index (χ2n) is 4.34. The molecule has 1 fully saturated rings. The van der Waals surface area contributed by atoms with Gasteiger partial charge in [-0.1, -0.05) is 25.5 Å². The van der Waals surface area contributed by atoms with Gasteiger partial charge < -0.3 is 0 Å². The van der Waals surface area contributed by atoms with Crippen molar-refractivity contribution in [3.8, 4) is 0 Å². The molecule has 0 aromatic carbocycles. The van der Waals surface area contributed by atoms with Crippen LogP contribution in [0.2, 0.25) is 0 Å². The van der Waals surface area contributed by atoms with Crippen molar-refractivity contribution in [2.24, 2.45) is 17.8 Å². The summed E-state index contributed by atoms with van der Waals surface area (Å²) < 4.78 is 0. The minimum atomic E-state index is 0.905. The average Bonchev–Trinajstić information content (AvgIpc) is 2.35. The van der Waals surface area contributed by atoms with Gasteiger partial charge in [-0.15, -0.1) is 0 Å². The topological polar surface area (TPSA) is 0 Å². The van der Waals surface area contributed by atoms with Crippen LogP contribution in [0.5, 0.6) is 0 Å². The van der Waals surface area contributed by atoms with Gasteiger partial charge in [0, 0.05) is 0 Å². The van der Waals surface area contributed by atoms with Gasteiger partial charge in [0.25, 0.3) is 0 Å². The molecule has 0 N–H and O–H groups in total. The second kappa shape index (κ2) is 2.66. The third-order valence-corrected chi connectivity index (χ3v) is 3.60. The average molecular weight is 150 g/mol. The Hall–Kier alpha value is -0.260. The van der Waals surface area contributed by atoms with Crippen LogP contribution >= 0.6 is 0 Å². The molecule has 0 saturated heterocycles. The molecule has 0 bridgehead atoms. The number of rotatable bonds is 0. The van der Waals surface area contributed by atoms with E-state index in [0.717, 1.165) is 17.8 Å². The highest BCUT2D eigenvalue weighted by atomic mass is 14.4.